The van der Waals surface area contributed by atoms with Gasteiger partial charge in [0.25, 0.3) is 0 Å². The van der Waals surface area contributed by atoms with Crippen LogP contribution < -0.4 is 5.32 Å². The molecule has 1 N–H and O–H groups in total. The van der Waals surface area contributed by atoms with E-state index < -0.39 is 0 Å². The maximum absolute atomic E-state index is 13.6. The van der Waals surface area contributed by atoms with Crippen molar-refractivity contribution in [2.75, 3.05) is 6.54 Å². The molecule has 1 nitrogen and oxygen atoms in total. The van der Waals surface area contributed by atoms with E-state index in [1.165, 1.54) is 15.8 Å². The molecule has 1 aromatic heterocycles. The van der Waals surface area contributed by atoms with Gasteiger partial charge >= 0.3 is 0 Å². The highest BCUT2D eigenvalue weighted by Crippen LogP contribution is 2.26. The zero-order valence-corrected chi connectivity index (χ0v) is 14.2. The lowest BCUT2D eigenvalue weighted by molar-refractivity contribution is 0.545. The molecule has 108 valence electrons. The van der Waals surface area contributed by atoms with Crippen molar-refractivity contribution in [3.8, 4) is 0 Å². The Hall–Kier alpha value is -0.710. The molecule has 4 heteroatoms. The molecule has 0 amide bonds. The van der Waals surface area contributed by atoms with E-state index in [1.54, 1.807) is 6.07 Å². The molecule has 0 aliphatic heterocycles. The second-order valence-corrected chi connectivity index (χ2v) is 6.91. The number of rotatable bonds is 6. The van der Waals surface area contributed by atoms with Gasteiger partial charge in [0.05, 0.1) is 0 Å². The van der Waals surface area contributed by atoms with Crippen molar-refractivity contribution in [1.82, 2.24) is 5.32 Å². The Kier molecular flexibility index (Phi) is 5.75. The largest absolute Gasteiger partial charge is 0.310 e. The first-order valence-corrected chi connectivity index (χ1v) is 8.50. The summed E-state index contributed by atoms with van der Waals surface area (Å²) in [7, 11) is 0. The van der Waals surface area contributed by atoms with E-state index in [2.05, 4.69) is 47.2 Å². The van der Waals surface area contributed by atoms with Gasteiger partial charge < -0.3 is 5.32 Å². The maximum atomic E-state index is 13.6. The standard InChI is InChI=1S/C16H19BrFNS/c1-3-14-5-6-15(20-14)10-16(19-4-2)11-7-12(17)9-13(18)8-11/h5-9,16,19H,3-4,10H2,1-2H3. The molecule has 0 saturated carbocycles. The van der Waals surface area contributed by atoms with Gasteiger partial charge in [-0.15, -0.1) is 11.3 Å². The van der Waals surface area contributed by atoms with Crippen LogP contribution in [0.25, 0.3) is 0 Å². The van der Waals surface area contributed by atoms with Crippen LogP contribution in [0.1, 0.15) is 35.2 Å². The number of likely N-dealkylation sites (N-methyl/N-ethyl adjacent to an activating group) is 1. The van der Waals surface area contributed by atoms with Crippen molar-refractivity contribution in [3.05, 3.63) is 55.9 Å². The Labute approximate surface area is 132 Å². The lowest BCUT2D eigenvalue weighted by Crippen LogP contribution is -2.22. The molecular formula is C16H19BrFNS. The molecule has 0 saturated heterocycles. The van der Waals surface area contributed by atoms with E-state index in [0.29, 0.717) is 0 Å². The molecule has 1 aromatic carbocycles. The van der Waals surface area contributed by atoms with Crippen molar-refractivity contribution in [3.63, 3.8) is 0 Å². The number of aryl methyl sites for hydroxylation is 1. The van der Waals surface area contributed by atoms with Crippen LogP contribution in [0.3, 0.4) is 0 Å². The SMILES string of the molecule is CCNC(Cc1ccc(CC)s1)c1cc(F)cc(Br)c1. The lowest BCUT2D eigenvalue weighted by atomic mass is 10.0. The summed E-state index contributed by atoms with van der Waals surface area (Å²) < 4.78 is 14.4. The van der Waals surface area contributed by atoms with Gasteiger partial charge in [0, 0.05) is 26.7 Å². The monoisotopic (exact) mass is 355 g/mol. The molecule has 0 spiro atoms. The molecule has 0 aliphatic carbocycles. The fourth-order valence-electron chi connectivity index (χ4n) is 2.25. The minimum Gasteiger partial charge on any atom is -0.310 e. The summed E-state index contributed by atoms with van der Waals surface area (Å²) in [5.74, 6) is -0.197. The number of benzene rings is 1. The topological polar surface area (TPSA) is 12.0 Å². The maximum Gasteiger partial charge on any atom is 0.124 e. The number of nitrogens with one attached hydrogen (secondary N) is 1. The predicted molar refractivity (Wildman–Crippen MR) is 87.9 cm³/mol. The third-order valence-corrected chi connectivity index (χ3v) is 4.92. The first-order chi connectivity index (χ1) is 9.62. The van der Waals surface area contributed by atoms with Crippen LogP contribution in [0.2, 0.25) is 0 Å². The van der Waals surface area contributed by atoms with Crippen molar-refractivity contribution in [2.45, 2.75) is 32.7 Å². The fraction of sp³-hybridized carbons (Fsp3) is 0.375. The molecular weight excluding hydrogens is 337 g/mol. The van der Waals surface area contributed by atoms with Crippen molar-refractivity contribution >= 4 is 27.3 Å². The van der Waals surface area contributed by atoms with Gasteiger partial charge in [-0.2, -0.15) is 0 Å². The molecule has 2 aromatic rings. The van der Waals surface area contributed by atoms with Gasteiger partial charge in [-0.1, -0.05) is 29.8 Å². The van der Waals surface area contributed by atoms with E-state index in [1.807, 2.05) is 17.4 Å². The van der Waals surface area contributed by atoms with Crippen molar-refractivity contribution in [1.29, 1.82) is 0 Å². The minimum atomic E-state index is -0.197. The molecule has 2 rings (SSSR count). The highest BCUT2D eigenvalue weighted by Gasteiger charge is 2.14. The van der Waals surface area contributed by atoms with E-state index in [0.717, 1.165) is 29.4 Å². The van der Waals surface area contributed by atoms with Gasteiger partial charge in [-0.3, -0.25) is 0 Å². The molecule has 0 fully saturated rings. The highest BCUT2D eigenvalue weighted by atomic mass is 79.9. The Balaban J connectivity index is 2.21. The van der Waals surface area contributed by atoms with Gasteiger partial charge in [0.15, 0.2) is 0 Å². The zero-order valence-electron chi connectivity index (χ0n) is 11.7. The van der Waals surface area contributed by atoms with E-state index in [4.69, 9.17) is 0 Å². The third kappa shape index (κ3) is 4.14. The van der Waals surface area contributed by atoms with Crippen molar-refractivity contribution in [2.24, 2.45) is 0 Å². The molecule has 1 heterocycles. The second-order valence-electron chi connectivity index (χ2n) is 4.74. The van der Waals surface area contributed by atoms with Gasteiger partial charge in [-0.05, 0) is 48.9 Å². The van der Waals surface area contributed by atoms with Crippen LogP contribution in [0, 0.1) is 5.82 Å². The van der Waals surface area contributed by atoms with E-state index in [-0.39, 0.29) is 11.9 Å². The van der Waals surface area contributed by atoms with E-state index >= 15 is 0 Å². The van der Waals surface area contributed by atoms with E-state index in [9.17, 15) is 4.39 Å². The van der Waals surface area contributed by atoms with Crippen LogP contribution in [0.5, 0.6) is 0 Å². The summed E-state index contributed by atoms with van der Waals surface area (Å²) in [4.78, 5) is 2.74. The Morgan fingerprint density at radius 1 is 1.20 bits per heavy atom. The molecule has 20 heavy (non-hydrogen) atoms. The minimum absolute atomic E-state index is 0.148. The molecule has 0 radical (unpaired) electrons. The van der Waals surface area contributed by atoms with Crippen LogP contribution in [0.4, 0.5) is 4.39 Å². The lowest BCUT2D eigenvalue weighted by Gasteiger charge is -2.18. The number of hydrogen-bond donors (Lipinski definition) is 1. The summed E-state index contributed by atoms with van der Waals surface area (Å²) in [6, 6.07) is 9.62. The quantitative estimate of drug-likeness (QED) is 0.759. The third-order valence-electron chi connectivity index (χ3n) is 3.21. The molecule has 0 aliphatic rings. The number of thiophene rings is 1. The Morgan fingerprint density at radius 3 is 2.55 bits per heavy atom. The summed E-state index contributed by atoms with van der Waals surface area (Å²) >= 11 is 5.21. The average molecular weight is 356 g/mol. The second kappa shape index (κ2) is 7.34. The van der Waals surface area contributed by atoms with Gasteiger partial charge in [0.1, 0.15) is 5.82 Å². The number of halogens is 2. The Bertz CT molecular complexity index is 547. The number of hydrogen-bond acceptors (Lipinski definition) is 2. The highest BCUT2D eigenvalue weighted by molar-refractivity contribution is 9.10. The zero-order chi connectivity index (χ0) is 14.5. The van der Waals surface area contributed by atoms with Crippen LogP contribution in [-0.4, -0.2) is 6.54 Å². The summed E-state index contributed by atoms with van der Waals surface area (Å²) in [6.45, 7) is 5.11. The normalized spacial score (nSPS) is 12.6. The molecule has 0 bridgehead atoms. The molecule has 1 atom stereocenters. The first-order valence-electron chi connectivity index (χ1n) is 6.89. The van der Waals surface area contributed by atoms with Crippen LogP contribution in [0.15, 0.2) is 34.8 Å². The van der Waals surface area contributed by atoms with Crippen LogP contribution >= 0.6 is 27.3 Å². The summed E-state index contributed by atoms with van der Waals surface area (Å²) in [6.07, 6.45) is 1.97. The average Bonchev–Trinajstić information content (AvgIpc) is 2.85. The molecule has 1 unspecified atom stereocenters. The van der Waals surface area contributed by atoms with Crippen molar-refractivity contribution < 1.29 is 4.39 Å². The summed E-state index contributed by atoms with van der Waals surface area (Å²) in [5, 5.41) is 3.45. The smallest absolute Gasteiger partial charge is 0.124 e. The van der Waals surface area contributed by atoms with Gasteiger partial charge in [-0.25, -0.2) is 4.39 Å². The summed E-state index contributed by atoms with van der Waals surface area (Å²) in [5.41, 5.74) is 0.991. The van der Waals surface area contributed by atoms with Gasteiger partial charge in [0.2, 0.25) is 0 Å². The predicted octanol–water partition coefficient (Wildman–Crippen LogP) is 5.11. The Morgan fingerprint density at radius 2 is 1.95 bits per heavy atom. The first kappa shape index (κ1) is 15.7. The van der Waals surface area contributed by atoms with Crippen LogP contribution in [-0.2, 0) is 12.8 Å². The fourth-order valence-corrected chi connectivity index (χ4v) is 3.74.